The fraction of sp³-hybridized carbons (Fsp3) is 0.444. The third-order valence-electron chi connectivity index (χ3n) is 3.93. The molecule has 0 saturated heterocycles. The lowest BCUT2D eigenvalue weighted by Gasteiger charge is -2.14. The third kappa shape index (κ3) is 8.22. The predicted octanol–water partition coefficient (Wildman–Crippen LogP) is 1.68. The number of anilines is 1. The zero-order chi connectivity index (χ0) is 22.5. The number of unbranched alkanes of at least 4 members (excludes halogenated alkanes) is 2. The molecule has 0 aliphatic heterocycles. The van der Waals surface area contributed by atoms with Gasteiger partial charge in [0.2, 0.25) is 5.91 Å². The molecule has 0 aliphatic carbocycles. The SMILES string of the molecule is C=CCOC(=O)[C@H](CO)NC(=O)CCCCCNc1ccc([N+](=O)[O-])cc1[N+](=O)[O-]. The molecule has 0 fully saturated rings. The fourth-order valence-electron chi connectivity index (χ4n) is 2.43. The van der Waals surface area contributed by atoms with Crippen LogP contribution in [0.5, 0.6) is 0 Å². The van der Waals surface area contributed by atoms with Gasteiger partial charge in [-0.25, -0.2) is 4.79 Å². The second-order valence-corrected chi connectivity index (χ2v) is 6.17. The van der Waals surface area contributed by atoms with E-state index in [4.69, 9.17) is 9.84 Å². The molecule has 1 rings (SSSR count). The van der Waals surface area contributed by atoms with E-state index >= 15 is 0 Å². The van der Waals surface area contributed by atoms with E-state index in [1.165, 1.54) is 18.2 Å². The summed E-state index contributed by atoms with van der Waals surface area (Å²) in [7, 11) is 0. The van der Waals surface area contributed by atoms with Gasteiger partial charge < -0.3 is 20.5 Å². The summed E-state index contributed by atoms with van der Waals surface area (Å²) in [6.45, 7) is 3.16. The first kappa shape index (κ1) is 24.5. The maximum Gasteiger partial charge on any atom is 0.331 e. The van der Waals surface area contributed by atoms with Crippen LogP contribution in [0.4, 0.5) is 17.1 Å². The summed E-state index contributed by atoms with van der Waals surface area (Å²) in [5, 5.41) is 36.2. The van der Waals surface area contributed by atoms with Gasteiger partial charge in [-0.3, -0.25) is 25.0 Å². The molecule has 0 unspecified atom stereocenters. The first-order valence-electron chi connectivity index (χ1n) is 9.14. The van der Waals surface area contributed by atoms with Crippen LogP contribution in [0.2, 0.25) is 0 Å². The molecule has 12 heteroatoms. The quantitative estimate of drug-likeness (QED) is 0.132. The lowest BCUT2D eigenvalue weighted by atomic mass is 10.1. The average molecular weight is 424 g/mol. The Hall–Kier alpha value is -3.54. The molecule has 0 saturated carbocycles. The number of ether oxygens (including phenoxy) is 1. The summed E-state index contributed by atoms with van der Waals surface area (Å²) in [5.74, 6) is -1.16. The fourth-order valence-corrected chi connectivity index (χ4v) is 2.43. The zero-order valence-corrected chi connectivity index (χ0v) is 16.2. The number of hydrogen-bond acceptors (Lipinski definition) is 9. The molecule has 0 aliphatic rings. The average Bonchev–Trinajstić information content (AvgIpc) is 2.72. The Bertz CT molecular complexity index is 783. The molecule has 30 heavy (non-hydrogen) atoms. The summed E-state index contributed by atoms with van der Waals surface area (Å²) in [6, 6.07) is 2.22. The van der Waals surface area contributed by atoms with Crippen LogP contribution in [0.3, 0.4) is 0 Å². The molecule has 164 valence electrons. The molecule has 1 aromatic carbocycles. The number of nitrogens with one attached hydrogen (secondary N) is 2. The molecule has 1 atom stereocenters. The number of non-ortho nitro benzene ring substituents is 1. The number of benzene rings is 1. The van der Waals surface area contributed by atoms with Crippen LogP contribution in [0.25, 0.3) is 0 Å². The lowest BCUT2D eigenvalue weighted by molar-refractivity contribution is -0.393. The molecule has 0 heterocycles. The van der Waals surface area contributed by atoms with Gasteiger partial charge in [0.05, 0.1) is 22.5 Å². The van der Waals surface area contributed by atoms with Crippen LogP contribution in [-0.2, 0) is 14.3 Å². The highest BCUT2D eigenvalue weighted by Gasteiger charge is 2.21. The standard InChI is InChI=1S/C18H24N4O8/c1-2-10-30-18(25)15(12-23)20-17(24)6-4-3-5-9-19-14-8-7-13(21(26)27)11-16(14)22(28)29/h2,7-8,11,15,19,23H,1,3-6,9-10,12H2,(H,20,24)/t15-/m0/s1. The molecular formula is C18H24N4O8. The Morgan fingerprint density at radius 3 is 2.53 bits per heavy atom. The summed E-state index contributed by atoms with van der Waals surface area (Å²) < 4.78 is 4.77. The first-order chi connectivity index (χ1) is 14.3. The number of aliphatic hydroxyl groups is 1. The van der Waals surface area contributed by atoms with Gasteiger partial charge in [-0.2, -0.15) is 0 Å². The Balaban J connectivity index is 2.37. The van der Waals surface area contributed by atoms with Crippen LogP contribution in [-0.4, -0.2) is 52.6 Å². The number of nitrogens with zero attached hydrogens (tertiary/aromatic N) is 2. The Morgan fingerprint density at radius 2 is 1.93 bits per heavy atom. The van der Waals surface area contributed by atoms with E-state index in [0.29, 0.717) is 25.8 Å². The van der Waals surface area contributed by atoms with Gasteiger partial charge >= 0.3 is 5.97 Å². The Morgan fingerprint density at radius 1 is 1.20 bits per heavy atom. The van der Waals surface area contributed by atoms with E-state index in [1.54, 1.807) is 0 Å². The van der Waals surface area contributed by atoms with Crippen molar-refractivity contribution in [1.82, 2.24) is 5.32 Å². The van der Waals surface area contributed by atoms with Crippen LogP contribution < -0.4 is 10.6 Å². The molecule has 0 spiro atoms. The van der Waals surface area contributed by atoms with Gasteiger partial charge in [-0.05, 0) is 18.9 Å². The molecule has 0 bridgehead atoms. The van der Waals surface area contributed by atoms with E-state index in [2.05, 4.69) is 17.2 Å². The molecule has 12 nitrogen and oxygen atoms in total. The van der Waals surface area contributed by atoms with Crippen molar-refractivity contribution < 1.29 is 29.3 Å². The van der Waals surface area contributed by atoms with Gasteiger partial charge in [0.25, 0.3) is 11.4 Å². The minimum Gasteiger partial charge on any atom is -0.460 e. The Labute approximate surface area is 172 Å². The second-order valence-electron chi connectivity index (χ2n) is 6.17. The molecule has 3 N–H and O–H groups in total. The number of nitro benzene ring substituents is 2. The second kappa shape index (κ2) is 12.8. The monoisotopic (exact) mass is 424 g/mol. The summed E-state index contributed by atoms with van der Waals surface area (Å²) >= 11 is 0. The number of carbonyl (C=O) groups is 2. The van der Waals surface area contributed by atoms with Crippen molar-refractivity contribution in [3.05, 3.63) is 51.1 Å². The number of nitro groups is 2. The van der Waals surface area contributed by atoms with E-state index in [0.717, 1.165) is 6.07 Å². The molecule has 0 radical (unpaired) electrons. The predicted molar refractivity (Wildman–Crippen MR) is 107 cm³/mol. The Kier molecular flexibility index (Phi) is 10.5. The van der Waals surface area contributed by atoms with E-state index in [1.807, 2.05) is 0 Å². The lowest BCUT2D eigenvalue weighted by Crippen LogP contribution is -2.44. The zero-order valence-electron chi connectivity index (χ0n) is 16.2. The van der Waals surface area contributed by atoms with Crippen molar-refractivity contribution in [3.8, 4) is 0 Å². The molecular weight excluding hydrogens is 400 g/mol. The van der Waals surface area contributed by atoms with E-state index in [9.17, 15) is 29.8 Å². The number of carbonyl (C=O) groups excluding carboxylic acids is 2. The van der Waals surface area contributed by atoms with Crippen molar-refractivity contribution in [2.24, 2.45) is 0 Å². The topological polar surface area (TPSA) is 174 Å². The first-order valence-corrected chi connectivity index (χ1v) is 9.14. The van der Waals surface area contributed by atoms with Gasteiger partial charge in [0.15, 0.2) is 6.04 Å². The summed E-state index contributed by atoms with van der Waals surface area (Å²) in [5.41, 5.74) is -0.582. The summed E-state index contributed by atoms with van der Waals surface area (Å²) in [6.07, 6.45) is 3.20. The van der Waals surface area contributed by atoms with Gasteiger partial charge in [-0.15, -0.1) is 0 Å². The van der Waals surface area contributed by atoms with Gasteiger partial charge in [0.1, 0.15) is 12.3 Å². The molecule has 1 aromatic rings. The summed E-state index contributed by atoms with van der Waals surface area (Å²) in [4.78, 5) is 43.9. The minimum atomic E-state index is -1.14. The molecule has 0 aromatic heterocycles. The molecule has 1 amide bonds. The highest BCUT2D eigenvalue weighted by Crippen LogP contribution is 2.28. The van der Waals surface area contributed by atoms with Crippen LogP contribution in [0.15, 0.2) is 30.9 Å². The number of hydrogen-bond donors (Lipinski definition) is 3. The number of aliphatic hydroxyl groups excluding tert-OH is 1. The number of rotatable bonds is 14. The van der Waals surface area contributed by atoms with Crippen LogP contribution in [0.1, 0.15) is 25.7 Å². The van der Waals surface area contributed by atoms with Crippen molar-refractivity contribution in [3.63, 3.8) is 0 Å². The van der Waals surface area contributed by atoms with Crippen molar-refractivity contribution in [2.75, 3.05) is 25.1 Å². The maximum atomic E-state index is 11.9. The van der Waals surface area contributed by atoms with E-state index < -0.39 is 34.4 Å². The highest BCUT2D eigenvalue weighted by molar-refractivity contribution is 5.84. The van der Waals surface area contributed by atoms with E-state index in [-0.39, 0.29) is 30.1 Å². The smallest absolute Gasteiger partial charge is 0.331 e. The van der Waals surface area contributed by atoms with Gasteiger partial charge in [0, 0.05) is 19.0 Å². The van der Waals surface area contributed by atoms with Crippen molar-refractivity contribution in [1.29, 1.82) is 0 Å². The highest BCUT2D eigenvalue weighted by atomic mass is 16.6. The van der Waals surface area contributed by atoms with Crippen LogP contribution >= 0.6 is 0 Å². The third-order valence-corrected chi connectivity index (χ3v) is 3.93. The minimum absolute atomic E-state index is 0.0227. The van der Waals surface area contributed by atoms with Gasteiger partial charge in [-0.1, -0.05) is 19.1 Å². The maximum absolute atomic E-state index is 11.9. The van der Waals surface area contributed by atoms with Crippen LogP contribution in [0, 0.1) is 20.2 Å². The largest absolute Gasteiger partial charge is 0.460 e. The normalized spacial score (nSPS) is 11.2. The number of amides is 1. The van der Waals surface area contributed by atoms with Crippen molar-refractivity contribution in [2.45, 2.75) is 31.7 Å². The number of esters is 1. The van der Waals surface area contributed by atoms with Crippen molar-refractivity contribution >= 4 is 28.9 Å².